The maximum Gasteiger partial charge on any atom is 0.356 e. The zero-order chi connectivity index (χ0) is 13.7. The van der Waals surface area contributed by atoms with E-state index in [1.807, 2.05) is 5.38 Å². The molecule has 1 saturated heterocycles. The van der Waals surface area contributed by atoms with E-state index in [9.17, 15) is 9.90 Å². The fraction of sp³-hybridized carbons (Fsp3) is 0.571. The standard InChI is InChI=1S/C14H17N3O2S/c18-13(19)11-12(15-14-17(11)7-8-20-14)16-6-5-9-3-1-2-4-10(9)16/h7-10H,1-6H2,(H,18,19). The molecule has 2 aromatic heterocycles. The van der Waals surface area contributed by atoms with Gasteiger partial charge >= 0.3 is 5.97 Å². The Kier molecular flexibility index (Phi) is 2.73. The van der Waals surface area contributed by atoms with Crippen LogP contribution >= 0.6 is 11.3 Å². The topological polar surface area (TPSA) is 57.8 Å². The Morgan fingerprint density at radius 2 is 2.20 bits per heavy atom. The van der Waals surface area contributed by atoms with Gasteiger partial charge < -0.3 is 10.0 Å². The number of thiazole rings is 1. The first-order valence-corrected chi connectivity index (χ1v) is 8.09. The van der Waals surface area contributed by atoms with Crippen LogP contribution in [0.3, 0.4) is 0 Å². The van der Waals surface area contributed by atoms with Crippen LogP contribution in [-0.4, -0.2) is 33.0 Å². The molecule has 4 rings (SSSR count). The van der Waals surface area contributed by atoms with Gasteiger partial charge in [0.15, 0.2) is 16.5 Å². The van der Waals surface area contributed by atoms with Crippen LogP contribution in [0.4, 0.5) is 5.82 Å². The third-order valence-corrected chi connectivity index (χ3v) is 5.49. The van der Waals surface area contributed by atoms with Crippen LogP contribution in [0.2, 0.25) is 0 Å². The van der Waals surface area contributed by atoms with Gasteiger partial charge in [-0.3, -0.25) is 4.40 Å². The van der Waals surface area contributed by atoms with E-state index in [1.54, 1.807) is 10.6 Å². The highest BCUT2D eigenvalue weighted by Gasteiger charge is 2.39. The van der Waals surface area contributed by atoms with Crippen molar-refractivity contribution in [3.63, 3.8) is 0 Å². The molecule has 1 aliphatic heterocycles. The summed E-state index contributed by atoms with van der Waals surface area (Å²) in [5.41, 5.74) is 0.326. The summed E-state index contributed by atoms with van der Waals surface area (Å²) in [5.74, 6) is 0.522. The third-order valence-electron chi connectivity index (χ3n) is 4.73. The van der Waals surface area contributed by atoms with Gasteiger partial charge in [-0.15, -0.1) is 11.3 Å². The fourth-order valence-electron chi connectivity index (χ4n) is 3.84. The fourth-order valence-corrected chi connectivity index (χ4v) is 4.55. The van der Waals surface area contributed by atoms with E-state index in [1.165, 1.54) is 43.4 Å². The lowest BCUT2D eigenvalue weighted by atomic mass is 9.85. The minimum Gasteiger partial charge on any atom is -0.476 e. The Morgan fingerprint density at radius 3 is 3.05 bits per heavy atom. The number of aromatic carboxylic acids is 1. The summed E-state index contributed by atoms with van der Waals surface area (Å²) in [5, 5.41) is 11.4. The van der Waals surface area contributed by atoms with E-state index in [-0.39, 0.29) is 0 Å². The second-order valence-electron chi connectivity index (χ2n) is 5.74. The highest BCUT2D eigenvalue weighted by Crippen LogP contribution is 2.40. The summed E-state index contributed by atoms with van der Waals surface area (Å²) in [4.78, 5) is 19.3. The van der Waals surface area contributed by atoms with Crippen LogP contribution in [-0.2, 0) is 0 Å². The molecule has 5 nitrogen and oxygen atoms in total. The van der Waals surface area contributed by atoms with Crippen LogP contribution in [0.5, 0.6) is 0 Å². The van der Waals surface area contributed by atoms with Crippen LogP contribution in [0.15, 0.2) is 11.6 Å². The number of nitrogens with zero attached hydrogens (tertiary/aromatic N) is 3. The molecule has 6 heteroatoms. The van der Waals surface area contributed by atoms with Gasteiger partial charge in [0.2, 0.25) is 0 Å². The molecule has 0 amide bonds. The SMILES string of the molecule is O=C(O)c1c(N2CCC3CCCCC32)nc2sccn12. The molecule has 3 heterocycles. The van der Waals surface area contributed by atoms with Gasteiger partial charge in [-0.1, -0.05) is 12.8 Å². The van der Waals surface area contributed by atoms with E-state index in [2.05, 4.69) is 9.88 Å². The molecule has 106 valence electrons. The lowest BCUT2D eigenvalue weighted by molar-refractivity contribution is 0.0690. The van der Waals surface area contributed by atoms with Gasteiger partial charge in [0, 0.05) is 24.2 Å². The predicted molar refractivity (Wildman–Crippen MR) is 77.7 cm³/mol. The molecule has 0 radical (unpaired) electrons. The molecule has 1 N–H and O–H groups in total. The normalized spacial score (nSPS) is 26.1. The van der Waals surface area contributed by atoms with Crippen molar-refractivity contribution < 1.29 is 9.90 Å². The number of hydrogen-bond acceptors (Lipinski definition) is 4. The van der Waals surface area contributed by atoms with Crippen LogP contribution in [0.25, 0.3) is 4.96 Å². The summed E-state index contributed by atoms with van der Waals surface area (Å²) >= 11 is 1.49. The van der Waals surface area contributed by atoms with Crippen molar-refractivity contribution in [3.05, 3.63) is 17.3 Å². The highest BCUT2D eigenvalue weighted by molar-refractivity contribution is 7.15. The van der Waals surface area contributed by atoms with E-state index in [0.29, 0.717) is 17.6 Å². The number of carboxylic acid groups (broad SMARTS) is 1. The third kappa shape index (κ3) is 1.67. The Balaban J connectivity index is 1.79. The first-order chi connectivity index (χ1) is 9.75. The van der Waals surface area contributed by atoms with E-state index in [4.69, 9.17) is 0 Å². The Labute approximate surface area is 120 Å². The number of carbonyl (C=O) groups is 1. The maximum atomic E-state index is 11.6. The second-order valence-corrected chi connectivity index (χ2v) is 6.61. The van der Waals surface area contributed by atoms with E-state index in [0.717, 1.165) is 17.4 Å². The largest absolute Gasteiger partial charge is 0.476 e. The zero-order valence-electron chi connectivity index (χ0n) is 11.2. The van der Waals surface area contributed by atoms with E-state index < -0.39 is 5.97 Å². The van der Waals surface area contributed by atoms with Crippen molar-refractivity contribution >= 4 is 28.1 Å². The number of hydrogen-bond donors (Lipinski definition) is 1. The number of fused-ring (bicyclic) bond motifs is 2. The number of carboxylic acids is 1. The zero-order valence-corrected chi connectivity index (χ0v) is 12.0. The van der Waals surface area contributed by atoms with Gasteiger partial charge in [0.25, 0.3) is 0 Å². The molecule has 2 atom stereocenters. The molecule has 2 aromatic rings. The summed E-state index contributed by atoms with van der Waals surface area (Å²) in [6.45, 7) is 0.945. The minimum absolute atomic E-state index is 0.326. The van der Waals surface area contributed by atoms with Crippen LogP contribution in [0.1, 0.15) is 42.6 Å². The Hall–Kier alpha value is -1.56. The van der Waals surface area contributed by atoms with Crippen molar-refractivity contribution in [2.45, 2.75) is 38.1 Å². The number of anilines is 1. The van der Waals surface area contributed by atoms with Gasteiger partial charge in [-0.2, -0.15) is 0 Å². The van der Waals surface area contributed by atoms with Crippen molar-refractivity contribution in [2.75, 3.05) is 11.4 Å². The molecule has 1 aliphatic carbocycles. The molecule has 2 unspecified atom stereocenters. The average Bonchev–Trinajstić information content (AvgIpc) is 3.10. The molecule has 20 heavy (non-hydrogen) atoms. The summed E-state index contributed by atoms with van der Waals surface area (Å²) in [6, 6.07) is 0.492. The minimum atomic E-state index is -0.884. The maximum absolute atomic E-state index is 11.6. The highest BCUT2D eigenvalue weighted by atomic mass is 32.1. The van der Waals surface area contributed by atoms with Gasteiger partial charge in [-0.25, -0.2) is 9.78 Å². The number of imidazole rings is 1. The lowest BCUT2D eigenvalue weighted by Gasteiger charge is -2.32. The predicted octanol–water partition coefficient (Wildman–Crippen LogP) is 2.86. The second kappa shape index (κ2) is 4.48. The smallest absolute Gasteiger partial charge is 0.356 e. The molecule has 0 bridgehead atoms. The van der Waals surface area contributed by atoms with Crippen molar-refractivity contribution in [1.29, 1.82) is 0 Å². The van der Waals surface area contributed by atoms with Gasteiger partial charge in [0.05, 0.1) is 0 Å². The van der Waals surface area contributed by atoms with Gasteiger partial charge in [-0.05, 0) is 25.2 Å². The van der Waals surface area contributed by atoms with Crippen molar-refractivity contribution in [3.8, 4) is 0 Å². The monoisotopic (exact) mass is 291 g/mol. The Morgan fingerprint density at radius 1 is 1.35 bits per heavy atom. The molecule has 2 fully saturated rings. The molecule has 0 spiro atoms. The van der Waals surface area contributed by atoms with Gasteiger partial charge in [0.1, 0.15) is 0 Å². The summed E-state index contributed by atoms with van der Waals surface area (Å²) in [7, 11) is 0. The first kappa shape index (κ1) is 12.2. The lowest BCUT2D eigenvalue weighted by Crippen LogP contribution is -2.35. The molecular weight excluding hydrogens is 274 g/mol. The van der Waals surface area contributed by atoms with Crippen LogP contribution in [0, 0.1) is 5.92 Å². The van der Waals surface area contributed by atoms with Crippen molar-refractivity contribution in [2.24, 2.45) is 5.92 Å². The average molecular weight is 291 g/mol. The van der Waals surface area contributed by atoms with Crippen LogP contribution < -0.4 is 4.90 Å². The number of aromatic nitrogens is 2. The van der Waals surface area contributed by atoms with Crippen molar-refractivity contribution in [1.82, 2.24) is 9.38 Å². The molecule has 2 aliphatic rings. The summed E-state index contributed by atoms with van der Waals surface area (Å²) in [6.07, 6.45) is 8.01. The molecule has 1 saturated carbocycles. The Bertz CT molecular complexity index is 662. The first-order valence-electron chi connectivity index (χ1n) is 7.21. The van der Waals surface area contributed by atoms with E-state index >= 15 is 0 Å². The molecular formula is C14H17N3O2S. The number of rotatable bonds is 2. The summed E-state index contributed by atoms with van der Waals surface area (Å²) < 4.78 is 1.71. The molecule has 0 aromatic carbocycles. The quantitative estimate of drug-likeness (QED) is 0.924.